The molecule has 0 spiro atoms. The van der Waals surface area contributed by atoms with E-state index in [1.54, 1.807) is 0 Å². The van der Waals surface area contributed by atoms with Gasteiger partial charge in [0.05, 0.1) is 5.56 Å². The smallest absolute Gasteiger partial charge is 0.335 e. The minimum Gasteiger partial charge on any atom is -0.478 e. The highest BCUT2D eigenvalue weighted by atomic mass is 16.4. The number of nitrogens with zero attached hydrogens (tertiary/aromatic N) is 1. The number of hydrogen-bond acceptors (Lipinski definition) is 1. The monoisotopic (exact) mass is 273 g/mol. The Bertz CT molecular complexity index is 625. The highest BCUT2D eigenvalue weighted by molar-refractivity contribution is 5.96. The van der Waals surface area contributed by atoms with Crippen LogP contribution >= 0.6 is 0 Å². The molecule has 20 heavy (non-hydrogen) atoms. The average molecular weight is 273 g/mol. The van der Waals surface area contributed by atoms with Crippen molar-refractivity contribution in [3.8, 4) is 0 Å². The summed E-state index contributed by atoms with van der Waals surface area (Å²) in [4.78, 5) is 11.3. The Labute approximate surface area is 120 Å². The Hall–Kier alpha value is -1.77. The molecule has 2 aromatic rings. The van der Waals surface area contributed by atoms with Crippen molar-refractivity contribution >= 4 is 16.9 Å². The molecule has 0 atom stereocenters. The second-order valence-electron chi connectivity index (χ2n) is 5.44. The quantitative estimate of drug-likeness (QED) is 0.847. The van der Waals surface area contributed by atoms with Crippen LogP contribution in [0.25, 0.3) is 10.9 Å². The first-order chi connectivity index (χ1) is 9.58. The molecule has 0 aliphatic rings. The van der Waals surface area contributed by atoms with Crippen molar-refractivity contribution in [2.75, 3.05) is 0 Å². The van der Waals surface area contributed by atoms with E-state index >= 15 is 0 Å². The van der Waals surface area contributed by atoms with E-state index in [2.05, 4.69) is 24.6 Å². The first-order valence-electron chi connectivity index (χ1n) is 7.44. The van der Waals surface area contributed by atoms with Gasteiger partial charge in [-0.3, -0.25) is 0 Å². The number of fused-ring (bicyclic) bond motifs is 1. The third kappa shape index (κ3) is 2.72. The molecule has 0 radical (unpaired) electrons. The summed E-state index contributed by atoms with van der Waals surface area (Å²) in [6, 6.07) is 3.87. The van der Waals surface area contributed by atoms with Crippen LogP contribution in [0.15, 0.2) is 18.3 Å². The maximum atomic E-state index is 11.3. The minimum absolute atomic E-state index is 0.420. The van der Waals surface area contributed by atoms with E-state index in [1.165, 1.54) is 11.1 Å². The molecule has 0 aliphatic heterocycles. The van der Waals surface area contributed by atoms with Crippen LogP contribution < -0.4 is 0 Å². The number of benzene rings is 1. The second kappa shape index (κ2) is 6.12. The van der Waals surface area contributed by atoms with Gasteiger partial charge in [0.1, 0.15) is 0 Å². The maximum Gasteiger partial charge on any atom is 0.335 e. The van der Waals surface area contributed by atoms with Gasteiger partial charge in [0.2, 0.25) is 0 Å². The van der Waals surface area contributed by atoms with Crippen LogP contribution in [-0.2, 0) is 13.0 Å². The van der Waals surface area contributed by atoms with Gasteiger partial charge in [-0.1, -0.05) is 26.7 Å². The van der Waals surface area contributed by atoms with Crippen LogP contribution in [0, 0.1) is 6.92 Å². The van der Waals surface area contributed by atoms with Crippen LogP contribution in [0.2, 0.25) is 0 Å². The molecule has 0 bridgehead atoms. The lowest BCUT2D eigenvalue weighted by Gasteiger charge is -2.06. The molecule has 0 aliphatic carbocycles. The van der Waals surface area contributed by atoms with Gasteiger partial charge in [0.25, 0.3) is 0 Å². The van der Waals surface area contributed by atoms with Crippen molar-refractivity contribution in [1.82, 2.24) is 4.57 Å². The number of hydrogen-bond donors (Lipinski definition) is 1. The molecule has 1 aromatic heterocycles. The zero-order valence-electron chi connectivity index (χ0n) is 12.6. The topological polar surface area (TPSA) is 42.2 Å². The van der Waals surface area contributed by atoms with Gasteiger partial charge in [-0.25, -0.2) is 4.79 Å². The summed E-state index contributed by atoms with van der Waals surface area (Å²) < 4.78 is 2.28. The molecule has 0 saturated carbocycles. The van der Waals surface area contributed by atoms with Crippen molar-refractivity contribution in [2.45, 2.75) is 53.0 Å². The summed E-state index contributed by atoms with van der Waals surface area (Å²) in [5, 5.41) is 10.4. The van der Waals surface area contributed by atoms with Gasteiger partial charge in [-0.2, -0.15) is 0 Å². The van der Waals surface area contributed by atoms with Crippen molar-refractivity contribution < 1.29 is 9.90 Å². The van der Waals surface area contributed by atoms with Crippen LogP contribution in [0.4, 0.5) is 0 Å². The predicted octanol–water partition coefficient (Wildman–Crippen LogP) is 4.40. The summed E-state index contributed by atoms with van der Waals surface area (Å²) in [6.07, 6.45) is 6.58. The predicted molar refractivity (Wildman–Crippen MR) is 82.5 cm³/mol. The first-order valence-corrected chi connectivity index (χ1v) is 7.44. The van der Waals surface area contributed by atoms with Gasteiger partial charge in [-0.15, -0.1) is 0 Å². The standard InChI is InChI=1S/C17H23NO2/c1-4-6-8-18-11-13(7-5-2)15-10-14(17(19)20)12(3)9-16(15)18/h9-11H,4-8H2,1-3H3,(H,19,20). The van der Waals surface area contributed by atoms with Crippen LogP contribution in [0.3, 0.4) is 0 Å². The summed E-state index contributed by atoms with van der Waals surface area (Å²) in [5.41, 5.74) is 3.69. The van der Waals surface area contributed by atoms with Gasteiger partial charge in [-0.05, 0) is 43.0 Å². The van der Waals surface area contributed by atoms with E-state index in [0.717, 1.165) is 43.2 Å². The van der Waals surface area contributed by atoms with Crippen LogP contribution in [0.5, 0.6) is 0 Å². The highest BCUT2D eigenvalue weighted by Crippen LogP contribution is 2.27. The van der Waals surface area contributed by atoms with E-state index in [0.29, 0.717) is 5.56 Å². The maximum absolute atomic E-state index is 11.3. The third-order valence-electron chi connectivity index (χ3n) is 3.81. The van der Waals surface area contributed by atoms with Crippen molar-refractivity contribution in [1.29, 1.82) is 0 Å². The lowest BCUT2D eigenvalue weighted by Crippen LogP contribution is -2.01. The van der Waals surface area contributed by atoms with Gasteiger partial charge in [0, 0.05) is 23.6 Å². The zero-order chi connectivity index (χ0) is 14.7. The van der Waals surface area contributed by atoms with E-state index in [9.17, 15) is 9.90 Å². The third-order valence-corrected chi connectivity index (χ3v) is 3.81. The molecule has 0 unspecified atom stereocenters. The van der Waals surface area contributed by atoms with Crippen LogP contribution in [-0.4, -0.2) is 15.6 Å². The Morgan fingerprint density at radius 3 is 2.60 bits per heavy atom. The molecule has 1 N–H and O–H groups in total. The summed E-state index contributed by atoms with van der Waals surface area (Å²) in [6.45, 7) is 7.22. The van der Waals surface area contributed by atoms with Crippen molar-refractivity contribution in [2.24, 2.45) is 0 Å². The Morgan fingerprint density at radius 1 is 1.25 bits per heavy atom. The number of aromatic nitrogens is 1. The fraction of sp³-hybridized carbons (Fsp3) is 0.471. The molecule has 0 amide bonds. The fourth-order valence-electron chi connectivity index (χ4n) is 2.73. The summed E-state index contributed by atoms with van der Waals surface area (Å²) in [7, 11) is 0. The molecule has 2 rings (SSSR count). The SMILES string of the molecule is CCCCn1cc(CCC)c2cc(C(=O)O)c(C)cc21. The van der Waals surface area contributed by atoms with E-state index in [-0.39, 0.29) is 0 Å². The number of carbonyl (C=O) groups is 1. The van der Waals surface area contributed by atoms with Gasteiger partial charge < -0.3 is 9.67 Å². The Morgan fingerprint density at radius 2 is 2.00 bits per heavy atom. The number of carboxylic acid groups (broad SMARTS) is 1. The Balaban J connectivity index is 2.59. The van der Waals surface area contributed by atoms with Crippen molar-refractivity contribution in [3.05, 3.63) is 35.0 Å². The lowest BCUT2D eigenvalue weighted by atomic mass is 10.0. The minimum atomic E-state index is -0.840. The molecule has 1 aromatic carbocycles. The zero-order valence-corrected chi connectivity index (χ0v) is 12.6. The molecule has 108 valence electrons. The molecule has 0 fully saturated rings. The number of aryl methyl sites for hydroxylation is 3. The highest BCUT2D eigenvalue weighted by Gasteiger charge is 2.14. The summed E-state index contributed by atoms with van der Waals surface area (Å²) in [5.74, 6) is -0.840. The van der Waals surface area contributed by atoms with Gasteiger partial charge >= 0.3 is 5.97 Å². The van der Waals surface area contributed by atoms with E-state index in [1.807, 2.05) is 19.1 Å². The average Bonchev–Trinajstić information content (AvgIpc) is 2.73. The molecule has 0 saturated heterocycles. The molecule has 1 heterocycles. The first kappa shape index (κ1) is 14.6. The normalized spacial score (nSPS) is 11.2. The van der Waals surface area contributed by atoms with E-state index in [4.69, 9.17) is 0 Å². The lowest BCUT2D eigenvalue weighted by molar-refractivity contribution is 0.0696. The van der Waals surface area contributed by atoms with Crippen molar-refractivity contribution in [3.63, 3.8) is 0 Å². The molecular formula is C17H23NO2. The number of rotatable bonds is 6. The van der Waals surface area contributed by atoms with Gasteiger partial charge in [0.15, 0.2) is 0 Å². The fourth-order valence-corrected chi connectivity index (χ4v) is 2.73. The summed E-state index contributed by atoms with van der Waals surface area (Å²) >= 11 is 0. The number of aromatic carboxylic acids is 1. The van der Waals surface area contributed by atoms with E-state index < -0.39 is 5.97 Å². The molecular weight excluding hydrogens is 250 g/mol. The number of carboxylic acids is 1. The van der Waals surface area contributed by atoms with Crippen LogP contribution in [0.1, 0.15) is 54.6 Å². The Kier molecular flexibility index (Phi) is 4.48. The molecule has 3 nitrogen and oxygen atoms in total. The second-order valence-corrected chi connectivity index (χ2v) is 5.44. The number of unbranched alkanes of at least 4 members (excludes halogenated alkanes) is 1. The largest absolute Gasteiger partial charge is 0.478 e. The molecule has 3 heteroatoms.